The van der Waals surface area contributed by atoms with Crippen molar-refractivity contribution in [1.29, 1.82) is 0 Å². The van der Waals surface area contributed by atoms with Gasteiger partial charge in [0.05, 0.1) is 11.3 Å². The molecule has 0 aliphatic carbocycles. The molecule has 1 aliphatic rings. The van der Waals surface area contributed by atoms with Crippen molar-refractivity contribution in [1.82, 2.24) is 19.6 Å². The predicted octanol–water partition coefficient (Wildman–Crippen LogP) is 6.17. The van der Waals surface area contributed by atoms with E-state index in [4.69, 9.17) is 0 Å². The van der Waals surface area contributed by atoms with E-state index in [1.165, 1.54) is 30.0 Å². The van der Waals surface area contributed by atoms with Gasteiger partial charge in [-0.25, -0.2) is 9.37 Å². The standard InChI is InChI=1S/C30H24FN5O3S2/c1-16-10-12-19(13-11-16)15-40-30-34-33-29(41-30)36-24(20-8-4-5-9-21(20)31)22(26(38)28(36)39)25(37)23-18(3)35-14-6-7-17(2)27(35)32-23/h4-14,24,37H,15H2,1-3H3/b25-22+. The van der Waals surface area contributed by atoms with Gasteiger partial charge < -0.3 is 9.51 Å². The number of hydrogen-bond acceptors (Lipinski definition) is 8. The average molecular weight is 586 g/mol. The second-order valence-electron chi connectivity index (χ2n) is 9.75. The number of nitrogens with zero attached hydrogens (tertiary/aromatic N) is 5. The fourth-order valence-corrected chi connectivity index (χ4v) is 6.71. The zero-order chi connectivity index (χ0) is 28.8. The molecule has 41 heavy (non-hydrogen) atoms. The lowest BCUT2D eigenvalue weighted by Gasteiger charge is -2.22. The number of thioether (sulfide) groups is 1. The first-order valence-corrected chi connectivity index (χ1v) is 14.6. The number of carbonyl (C=O) groups is 2. The lowest BCUT2D eigenvalue weighted by atomic mass is 9.96. The van der Waals surface area contributed by atoms with E-state index in [1.807, 2.05) is 50.2 Å². The molecule has 4 heterocycles. The molecule has 1 saturated heterocycles. The van der Waals surface area contributed by atoms with Gasteiger partial charge in [-0.3, -0.25) is 14.5 Å². The minimum absolute atomic E-state index is 0.0508. The van der Waals surface area contributed by atoms with E-state index in [2.05, 4.69) is 15.2 Å². The van der Waals surface area contributed by atoms with E-state index in [1.54, 1.807) is 23.6 Å². The number of benzene rings is 2. The Bertz CT molecular complexity index is 1860. The highest BCUT2D eigenvalue weighted by Gasteiger charge is 2.49. The molecule has 5 aromatic rings. The van der Waals surface area contributed by atoms with E-state index in [0.717, 1.165) is 32.9 Å². The van der Waals surface area contributed by atoms with E-state index < -0.39 is 29.3 Å². The van der Waals surface area contributed by atoms with Gasteiger partial charge in [0.2, 0.25) is 5.13 Å². The monoisotopic (exact) mass is 585 g/mol. The number of anilines is 1. The van der Waals surface area contributed by atoms with Gasteiger partial charge in [-0.15, -0.1) is 10.2 Å². The zero-order valence-corrected chi connectivity index (χ0v) is 24.0. The van der Waals surface area contributed by atoms with Crippen molar-refractivity contribution in [2.24, 2.45) is 0 Å². The van der Waals surface area contributed by atoms with Gasteiger partial charge in [0.1, 0.15) is 23.2 Å². The number of aromatic nitrogens is 4. The van der Waals surface area contributed by atoms with E-state index in [9.17, 15) is 14.7 Å². The van der Waals surface area contributed by atoms with Gasteiger partial charge in [0, 0.05) is 17.5 Å². The van der Waals surface area contributed by atoms with Crippen molar-refractivity contribution >= 4 is 51.3 Å². The largest absolute Gasteiger partial charge is 0.505 e. The number of aryl methyl sites for hydroxylation is 3. The van der Waals surface area contributed by atoms with Crippen LogP contribution >= 0.6 is 23.1 Å². The first kappa shape index (κ1) is 26.9. The summed E-state index contributed by atoms with van der Waals surface area (Å²) in [6.45, 7) is 5.66. The summed E-state index contributed by atoms with van der Waals surface area (Å²) in [7, 11) is 0. The zero-order valence-electron chi connectivity index (χ0n) is 22.3. The number of hydrogen-bond donors (Lipinski definition) is 1. The number of Topliss-reactive ketones (excluding diaryl/α,β-unsaturated/α-hetero) is 1. The Morgan fingerprint density at radius 3 is 2.51 bits per heavy atom. The van der Waals surface area contributed by atoms with Crippen LogP contribution in [0.25, 0.3) is 11.4 Å². The minimum atomic E-state index is -1.26. The van der Waals surface area contributed by atoms with Gasteiger partial charge in [-0.2, -0.15) is 0 Å². The van der Waals surface area contributed by atoms with Crippen molar-refractivity contribution in [3.05, 3.63) is 112 Å². The summed E-state index contributed by atoms with van der Waals surface area (Å²) in [6, 6.07) is 16.5. The van der Waals surface area contributed by atoms with Crippen LogP contribution in [0, 0.1) is 26.6 Å². The lowest BCUT2D eigenvalue weighted by Crippen LogP contribution is -2.29. The van der Waals surface area contributed by atoms with Crippen LogP contribution in [0.4, 0.5) is 9.52 Å². The van der Waals surface area contributed by atoms with Crippen LogP contribution in [-0.2, 0) is 15.3 Å². The molecule has 3 aromatic heterocycles. The summed E-state index contributed by atoms with van der Waals surface area (Å²) in [6.07, 6.45) is 1.80. The van der Waals surface area contributed by atoms with Crippen LogP contribution in [0.2, 0.25) is 0 Å². The molecule has 1 amide bonds. The SMILES string of the molecule is Cc1ccc(CSc2nnc(N3C(=O)C(=O)/C(=C(/O)c4nc5c(C)cccn5c4C)C3c3ccccc3F)s2)cc1. The van der Waals surface area contributed by atoms with Crippen molar-refractivity contribution in [3.8, 4) is 0 Å². The number of carbonyl (C=O) groups excluding carboxylic acids is 2. The molecular formula is C30H24FN5O3S2. The number of aliphatic hydroxyl groups is 1. The third-order valence-corrected chi connectivity index (χ3v) is 9.16. The van der Waals surface area contributed by atoms with Gasteiger partial charge in [0.15, 0.2) is 10.1 Å². The minimum Gasteiger partial charge on any atom is -0.505 e. The second kappa shape index (κ2) is 10.6. The fraction of sp³-hybridized carbons (Fsp3) is 0.167. The maximum Gasteiger partial charge on any atom is 0.301 e. The first-order valence-electron chi connectivity index (χ1n) is 12.8. The van der Waals surface area contributed by atoms with Crippen molar-refractivity contribution < 1.29 is 19.1 Å². The molecule has 1 N–H and O–H groups in total. The Labute approximate surface area is 243 Å². The normalized spacial score (nSPS) is 16.7. The van der Waals surface area contributed by atoms with Crippen molar-refractivity contribution in [2.45, 2.75) is 36.9 Å². The molecular weight excluding hydrogens is 561 g/mol. The quantitative estimate of drug-likeness (QED) is 0.0836. The van der Waals surface area contributed by atoms with E-state index >= 15 is 4.39 Å². The van der Waals surface area contributed by atoms with Gasteiger partial charge >= 0.3 is 5.91 Å². The Morgan fingerprint density at radius 2 is 1.78 bits per heavy atom. The van der Waals surface area contributed by atoms with E-state index in [-0.39, 0.29) is 22.0 Å². The number of fused-ring (bicyclic) bond motifs is 1. The maximum absolute atomic E-state index is 15.3. The highest BCUT2D eigenvalue weighted by molar-refractivity contribution is 8.00. The number of aliphatic hydroxyl groups excluding tert-OH is 1. The number of rotatable bonds is 6. The van der Waals surface area contributed by atoms with Gasteiger partial charge in [-0.1, -0.05) is 77.2 Å². The molecule has 1 fully saturated rings. The molecule has 6 rings (SSSR count). The molecule has 0 spiro atoms. The molecule has 0 saturated carbocycles. The van der Waals surface area contributed by atoms with Crippen LogP contribution in [-0.4, -0.2) is 36.4 Å². The van der Waals surface area contributed by atoms with Crippen molar-refractivity contribution in [2.75, 3.05) is 4.90 Å². The van der Waals surface area contributed by atoms with Gasteiger partial charge in [-0.05, 0) is 44.0 Å². The number of imidazole rings is 1. The highest BCUT2D eigenvalue weighted by Crippen LogP contribution is 2.45. The molecule has 8 nitrogen and oxygen atoms in total. The third-order valence-electron chi connectivity index (χ3n) is 7.04. The summed E-state index contributed by atoms with van der Waals surface area (Å²) < 4.78 is 17.6. The summed E-state index contributed by atoms with van der Waals surface area (Å²) >= 11 is 2.57. The van der Waals surface area contributed by atoms with Crippen LogP contribution in [0.15, 0.2) is 76.8 Å². The summed E-state index contributed by atoms with van der Waals surface area (Å²) in [5, 5.41) is 20.1. The Kier molecular flexibility index (Phi) is 6.92. The van der Waals surface area contributed by atoms with Gasteiger partial charge in [0.25, 0.3) is 5.78 Å². The van der Waals surface area contributed by atoms with Crippen LogP contribution in [0.3, 0.4) is 0 Å². The Hall–Kier alpha value is -4.35. The number of halogens is 1. The van der Waals surface area contributed by atoms with Crippen molar-refractivity contribution in [3.63, 3.8) is 0 Å². The molecule has 0 bridgehead atoms. The first-order chi connectivity index (χ1) is 19.7. The highest BCUT2D eigenvalue weighted by atomic mass is 32.2. The second-order valence-corrected chi connectivity index (χ2v) is 11.9. The lowest BCUT2D eigenvalue weighted by molar-refractivity contribution is -0.132. The number of amides is 1. The van der Waals surface area contributed by atoms with E-state index in [0.29, 0.717) is 21.4 Å². The smallest absolute Gasteiger partial charge is 0.301 e. The fourth-order valence-electron chi connectivity index (χ4n) is 4.88. The van der Waals surface area contributed by atoms with Crippen LogP contribution in [0.1, 0.15) is 39.7 Å². The molecule has 1 aliphatic heterocycles. The number of ketones is 1. The molecule has 2 aromatic carbocycles. The summed E-state index contributed by atoms with van der Waals surface area (Å²) in [5.74, 6) is -2.34. The average Bonchev–Trinajstić information content (AvgIpc) is 3.64. The Morgan fingerprint density at radius 1 is 1.02 bits per heavy atom. The van der Waals surface area contributed by atoms with Crippen LogP contribution in [0.5, 0.6) is 0 Å². The molecule has 0 radical (unpaired) electrons. The topological polar surface area (TPSA) is 101 Å². The molecule has 1 atom stereocenters. The molecule has 1 unspecified atom stereocenters. The number of pyridine rings is 1. The van der Waals surface area contributed by atoms with Crippen LogP contribution < -0.4 is 4.90 Å². The predicted molar refractivity (Wildman–Crippen MR) is 156 cm³/mol. The third kappa shape index (κ3) is 4.70. The summed E-state index contributed by atoms with van der Waals surface area (Å²) in [4.78, 5) is 32.7. The summed E-state index contributed by atoms with van der Waals surface area (Å²) in [5.41, 5.74) is 4.24. The molecule has 206 valence electrons. The maximum atomic E-state index is 15.3. The molecule has 11 heteroatoms. The Balaban J connectivity index is 1.44.